The van der Waals surface area contributed by atoms with E-state index in [1.807, 2.05) is 24.3 Å². The van der Waals surface area contributed by atoms with E-state index >= 15 is 0 Å². The number of carbonyl (C=O) groups is 1. The van der Waals surface area contributed by atoms with Gasteiger partial charge in [0.25, 0.3) is 0 Å². The number of benzene rings is 1. The molecule has 3 nitrogen and oxygen atoms in total. The van der Waals surface area contributed by atoms with Crippen molar-refractivity contribution in [2.75, 3.05) is 26.7 Å². The molecule has 0 spiro atoms. The Bertz CT molecular complexity index is 431. The minimum atomic E-state index is 0.162. The summed E-state index contributed by atoms with van der Waals surface area (Å²) in [6.45, 7) is 4.85. The SMILES string of the molecule is CCCC1CCN(CC(=O)c2ccccc2OC)C1. The molecule has 1 saturated heterocycles. The van der Waals surface area contributed by atoms with Crippen LogP contribution in [-0.4, -0.2) is 37.4 Å². The molecule has 0 amide bonds. The molecule has 0 saturated carbocycles. The van der Waals surface area contributed by atoms with Gasteiger partial charge in [0.05, 0.1) is 19.2 Å². The van der Waals surface area contributed by atoms with E-state index in [1.165, 1.54) is 19.3 Å². The summed E-state index contributed by atoms with van der Waals surface area (Å²) in [7, 11) is 1.61. The van der Waals surface area contributed by atoms with E-state index < -0.39 is 0 Å². The van der Waals surface area contributed by atoms with Crippen molar-refractivity contribution >= 4 is 5.78 Å². The molecule has 3 heteroatoms. The number of methoxy groups -OCH3 is 1. The third kappa shape index (κ3) is 3.57. The van der Waals surface area contributed by atoms with E-state index in [-0.39, 0.29) is 5.78 Å². The quantitative estimate of drug-likeness (QED) is 0.737. The molecule has 2 rings (SSSR count). The fourth-order valence-corrected chi connectivity index (χ4v) is 2.86. The first-order valence-corrected chi connectivity index (χ1v) is 7.13. The van der Waals surface area contributed by atoms with E-state index in [4.69, 9.17) is 4.74 Å². The smallest absolute Gasteiger partial charge is 0.180 e. The average molecular weight is 261 g/mol. The first-order chi connectivity index (χ1) is 9.24. The molecule has 0 N–H and O–H groups in total. The molecule has 1 unspecified atom stereocenters. The lowest BCUT2D eigenvalue weighted by molar-refractivity contribution is 0.0940. The summed E-state index contributed by atoms with van der Waals surface area (Å²) in [6, 6.07) is 7.47. The Balaban J connectivity index is 1.94. The molecule has 1 fully saturated rings. The zero-order chi connectivity index (χ0) is 13.7. The van der Waals surface area contributed by atoms with Crippen LogP contribution in [0.1, 0.15) is 36.5 Å². The number of carbonyl (C=O) groups excluding carboxylic acids is 1. The third-order valence-electron chi connectivity index (χ3n) is 3.84. The summed E-state index contributed by atoms with van der Waals surface area (Å²) in [5, 5.41) is 0. The van der Waals surface area contributed by atoms with Crippen LogP contribution in [0, 0.1) is 5.92 Å². The van der Waals surface area contributed by atoms with Crippen molar-refractivity contribution in [3.8, 4) is 5.75 Å². The van der Waals surface area contributed by atoms with Gasteiger partial charge in [0, 0.05) is 6.54 Å². The van der Waals surface area contributed by atoms with Crippen molar-refractivity contribution in [1.82, 2.24) is 4.90 Å². The lowest BCUT2D eigenvalue weighted by atomic mass is 10.0. The van der Waals surface area contributed by atoms with Crippen LogP contribution in [0.15, 0.2) is 24.3 Å². The molecular formula is C16H23NO2. The van der Waals surface area contributed by atoms with E-state index in [0.29, 0.717) is 17.9 Å². The van der Waals surface area contributed by atoms with E-state index in [1.54, 1.807) is 7.11 Å². The van der Waals surface area contributed by atoms with Crippen molar-refractivity contribution in [2.45, 2.75) is 26.2 Å². The van der Waals surface area contributed by atoms with Gasteiger partial charge < -0.3 is 4.74 Å². The van der Waals surface area contributed by atoms with Gasteiger partial charge in [0.1, 0.15) is 5.75 Å². The number of Topliss-reactive ketones (excluding diaryl/α,β-unsaturated/α-hetero) is 1. The Morgan fingerprint density at radius 2 is 2.21 bits per heavy atom. The second kappa shape index (κ2) is 6.71. The molecule has 1 aromatic rings. The molecule has 0 aromatic heterocycles. The van der Waals surface area contributed by atoms with Crippen LogP contribution in [-0.2, 0) is 0 Å². The Kier molecular flexibility index (Phi) is 4.97. The van der Waals surface area contributed by atoms with Gasteiger partial charge in [-0.3, -0.25) is 9.69 Å². The lowest BCUT2D eigenvalue weighted by Gasteiger charge is -2.16. The molecule has 1 aliphatic rings. The minimum absolute atomic E-state index is 0.162. The highest BCUT2D eigenvalue weighted by atomic mass is 16.5. The molecule has 104 valence electrons. The predicted octanol–water partition coefficient (Wildman–Crippen LogP) is 3.00. The number of ketones is 1. The normalized spacial score (nSPS) is 19.6. The van der Waals surface area contributed by atoms with Gasteiger partial charge in [0.15, 0.2) is 5.78 Å². The van der Waals surface area contributed by atoms with Crippen molar-refractivity contribution in [3.05, 3.63) is 29.8 Å². The first-order valence-electron chi connectivity index (χ1n) is 7.13. The highest BCUT2D eigenvalue weighted by Crippen LogP contribution is 2.23. The summed E-state index contributed by atoms with van der Waals surface area (Å²) in [4.78, 5) is 14.6. The maximum atomic E-state index is 12.3. The largest absolute Gasteiger partial charge is 0.496 e. The van der Waals surface area contributed by atoms with E-state index in [9.17, 15) is 4.79 Å². The van der Waals surface area contributed by atoms with Crippen LogP contribution in [0.4, 0.5) is 0 Å². The van der Waals surface area contributed by atoms with E-state index in [0.717, 1.165) is 19.0 Å². The number of hydrogen-bond donors (Lipinski definition) is 0. The third-order valence-corrected chi connectivity index (χ3v) is 3.84. The van der Waals surface area contributed by atoms with Crippen LogP contribution in [0.25, 0.3) is 0 Å². The van der Waals surface area contributed by atoms with Crippen molar-refractivity contribution in [3.63, 3.8) is 0 Å². The van der Waals surface area contributed by atoms with Gasteiger partial charge in [0.2, 0.25) is 0 Å². The molecule has 1 atom stereocenters. The summed E-state index contributed by atoms with van der Waals surface area (Å²) in [6.07, 6.45) is 3.74. The Morgan fingerprint density at radius 3 is 2.95 bits per heavy atom. The second-order valence-corrected chi connectivity index (χ2v) is 5.30. The molecular weight excluding hydrogens is 238 g/mol. The van der Waals surface area contributed by atoms with Gasteiger partial charge in [-0.25, -0.2) is 0 Å². The van der Waals surface area contributed by atoms with Crippen LogP contribution in [0.5, 0.6) is 5.75 Å². The van der Waals surface area contributed by atoms with Crippen LogP contribution < -0.4 is 4.74 Å². The highest BCUT2D eigenvalue weighted by Gasteiger charge is 2.24. The first kappa shape index (κ1) is 14.1. The van der Waals surface area contributed by atoms with Crippen LogP contribution in [0.3, 0.4) is 0 Å². The van der Waals surface area contributed by atoms with Gasteiger partial charge in [-0.2, -0.15) is 0 Å². The summed E-state index contributed by atoms with van der Waals surface area (Å²) in [5.74, 6) is 1.61. The van der Waals surface area contributed by atoms with Gasteiger partial charge >= 0.3 is 0 Å². The predicted molar refractivity (Wildman–Crippen MR) is 76.8 cm³/mol. The maximum absolute atomic E-state index is 12.3. The molecule has 0 aliphatic carbocycles. The number of para-hydroxylation sites is 1. The Labute approximate surface area is 115 Å². The highest BCUT2D eigenvalue weighted by molar-refractivity contribution is 6.00. The Hall–Kier alpha value is -1.35. The number of nitrogens with zero attached hydrogens (tertiary/aromatic N) is 1. The maximum Gasteiger partial charge on any atom is 0.180 e. The fourth-order valence-electron chi connectivity index (χ4n) is 2.86. The Morgan fingerprint density at radius 1 is 1.42 bits per heavy atom. The molecule has 1 aliphatic heterocycles. The van der Waals surface area contributed by atoms with E-state index in [2.05, 4.69) is 11.8 Å². The van der Waals surface area contributed by atoms with Gasteiger partial charge in [-0.15, -0.1) is 0 Å². The topological polar surface area (TPSA) is 29.5 Å². The van der Waals surface area contributed by atoms with Crippen molar-refractivity contribution < 1.29 is 9.53 Å². The zero-order valence-electron chi connectivity index (χ0n) is 11.9. The lowest BCUT2D eigenvalue weighted by Crippen LogP contribution is -2.28. The molecule has 0 radical (unpaired) electrons. The monoisotopic (exact) mass is 261 g/mol. The molecule has 1 heterocycles. The number of ether oxygens (including phenoxy) is 1. The standard InChI is InChI=1S/C16H23NO2/c1-3-6-13-9-10-17(11-13)12-15(18)14-7-4-5-8-16(14)19-2/h4-5,7-8,13H,3,6,9-12H2,1-2H3. The zero-order valence-corrected chi connectivity index (χ0v) is 11.9. The minimum Gasteiger partial charge on any atom is -0.496 e. The van der Waals surface area contributed by atoms with Gasteiger partial charge in [-0.05, 0) is 37.4 Å². The van der Waals surface area contributed by atoms with Crippen molar-refractivity contribution in [1.29, 1.82) is 0 Å². The number of rotatable bonds is 6. The molecule has 0 bridgehead atoms. The number of hydrogen-bond acceptors (Lipinski definition) is 3. The average Bonchev–Trinajstić information content (AvgIpc) is 2.86. The number of likely N-dealkylation sites (tertiary alicyclic amines) is 1. The second-order valence-electron chi connectivity index (χ2n) is 5.30. The van der Waals surface area contributed by atoms with Crippen LogP contribution in [0.2, 0.25) is 0 Å². The molecule has 1 aromatic carbocycles. The molecule has 19 heavy (non-hydrogen) atoms. The van der Waals surface area contributed by atoms with Gasteiger partial charge in [-0.1, -0.05) is 25.5 Å². The van der Waals surface area contributed by atoms with Crippen molar-refractivity contribution in [2.24, 2.45) is 5.92 Å². The summed E-state index contributed by atoms with van der Waals surface area (Å²) >= 11 is 0. The fraction of sp³-hybridized carbons (Fsp3) is 0.562. The van der Waals surface area contributed by atoms with Crippen LogP contribution >= 0.6 is 0 Å². The summed E-state index contributed by atoms with van der Waals surface area (Å²) in [5.41, 5.74) is 0.698. The summed E-state index contributed by atoms with van der Waals surface area (Å²) < 4.78 is 5.25.